The molecule has 0 spiro atoms. The molecule has 7 nitrogen and oxygen atoms in total. The van der Waals surface area contributed by atoms with Crippen molar-refractivity contribution in [2.24, 2.45) is 0 Å². The number of halogens is 1. The first-order valence-electron chi connectivity index (χ1n) is 9.44. The molecule has 0 aliphatic rings. The van der Waals surface area contributed by atoms with E-state index in [0.717, 1.165) is 36.0 Å². The maximum Gasteiger partial charge on any atom is 0.342 e. The summed E-state index contributed by atoms with van der Waals surface area (Å²) in [6.07, 6.45) is 3.24. The van der Waals surface area contributed by atoms with Crippen molar-refractivity contribution < 1.29 is 14.6 Å². The zero-order valence-electron chi connectivity index (χ0n) is 16.6. The zero-order valence-corrected chi connectivity index (χ0v) is 19.0. The summed E-state index contributed by atoms with van der Waals surface area (Å²) in [6, 6.07) is 14.7. The van der Waals surface area contributed by atoms with E-state index in [1.165, 1.54) is 0 Å². The van der Waals surface area contributed by atoms with Crippen LogP contribution in [0.2, 0.25) is 0 Å². The zero-order chi connectivity index (χ0) is 22.2. The Morgan fingerprint density at radius 3 is 2.87 bits per heavy atom. The number of nitriles is 1. The molecule has 0 saturated carbocycles. The third-order valence-corrected chi connectivity index (χ3v) is 5.68. The summed E-state index contributed by atoms with van der Waals surface area (Å²) in [5.74, 6) is 0.265. The molecule has 3 aromatic rings. The number of aryl methyl sites for hydroxylation is 1. The van der Waals surface area contributed by atoms with Crippen LogP contribution < -0.4 is 4.74 Å². The van der Waals surface area contributed by atoms with Gasteiger partial charge in [0.2, 0.25) is 5.16 Å². The third kappa shape index (κ3) is 6.20. The molecule has 3 rings (SSSR count). The molecular weight excluding hydrogens is 480 g/mol. The smallest absolute Gasteiger partial charge is 0.342 e. The van der Waals surface area contributed by atoms with Crippen LogP contribution in [0.5, 0.6) is 5.75 Å². The molecule has 0 atom stereocenters. The second kappa shape index (κ2) is 10.8. The number of carboxylic acids is 1. The van der Waals surface area contributed by atoms with Gasteiger partial charge in [0.15, 0.2) is 0 Å². The van der Waals surface area contributed by atoms with Crippen molar-refractivity contribution in [3.63, 3.8) is 0 Å². The number of rotatable bonds is 9. The fourth-order valence-corrected chi connectivity index (χ4v) is 3.93. The maximum absolute atomic E-state index is 11.7. The highest BCUT2D eigenvalue weighted by Gasteiger charge is 2.14. The number of benzene rings is 2. The minimum absolute atomic E-state index is 0.102. The maximum atomic E-state index is 11.7. The van der Waals surface area contributed by atoms with Gasteiger partial charge in [0, 0.05) is 12.0 Å². The molecule has 0 aliphatic carbocycles. The van der Waals surface area contributed by atoms with Crippen LogP contribution >= 0.6 is 27.7 Å². The Labute approximate surface area is 192 Å². The van der Waals surface area contributed by atoms with Crippen molar-refractivity contribution in [2.75, 3.05) is 0 Å². The minimum Gasteiger partial charge on any atom is -0.488 e. The Bertz CT molecular complexity index is 1150. The Kier molecular flexibility index (Phi) is 7.87. The van der Waals surface area contributed by atoms with Gasteiger partial charge >= 0.3 is 5.97 Å². The standard InChI is InChI=1S/C22H19BrN4O3S/c1-2-5-20-25-22(27-26-20)31-19(21(28)29)11-14-8-9-18(17(23)10-14)30-13-16-7-4-3-6-15(16)12-24/h3-4,6-11H,2,5,13H2,1H3,(H,28,29)(H,25,26,27)/b19-11-. The van der Waals surface area contributed by atoms with Gasteiger partial charge in [-0.05, 0) is 64.0 Å². The van der Waals surface area contributed by atoms with Gasteiger partial charge in [-0.15, -0.1) is 5.10 Å². The van der Waals surface area contributed by atoms with E-state index in [2.05, 4.69) is 37.2 Å². The number of aliphatic carboxylic acids is 1. The quantitative estimate of drug-likeness (QED) is 0.308. The number of nitrogens with one attached hydrogen (secondary N) is 1. The second-order valence-corrected chi connectivity index (χ2v) is 8.34. The predicted molar refractivity (Wildman–Crippen MR) is 121 cm³/mol. The SMILES string of the molecule is CCCc1nc(S/C(=C\c2ccc(OCc3ccccc3C#N)c(Br)c2)C(=O)O)n[nH]1. The number of hydrogen-bond acceptors (Lipinski definition) is 6. The fourth-order valence-electron chi connectivity index (χ4n) is 2.69. The van der Waals surface area contributed by atoms with Crippen LogP contribution in [-0.4, -0.2) is 26.3 Å². The van der Waals surface area contributed by atoms with E-state index in [1.54, 1.807) is 36.4 Å². The first kappa shape index (κ1) is 22.6. The molecule has 0 saturated heterocycles. The van der Waals surface area contributed by atoms with E-state index in [0.29, 0.717) is 26.5 Å². The number of aromatic amines is 1. The van der Waals surface area contributed by atoms with Crippen molar-refractivity contribution >= 4 is 39.7 Å². The highest BCUT2D eigenvalue weighted by atomic mass is 79.9. The first-order chi connectivity index (χ1) is 15.0. The van der Waals surface area contributed by atoms with Gasteiger partial charge in [-0.1, -0.05) is 31.2 Å². The average Bonchev–Trinajstić information content (AvgIpc) is 3.20. The molecule has 158 valence electrons. The van der Waals surface area contributed by atoms with E-state index in [1.807, 2.05) is 19.1 Å². The summed E-state index contributed by atoms with van der Waals surface area (Å²) in [6.45, 7) is 2.28. The lowest BCUT2D eigenvalue weighted by Crippen LogP contribution is -1.99. The van der Waals surface area contributed by atoms with Crippen molar-refractivity contribution in [1.82, 2.24) is 15.2 Å². The van der Waals surface area contributed by atoms with E-state index >= 15 is 0 Å². The number of carboxylic acid groups (broad SMARTS) is 1. The molecule has 0 amide bonds. The van der Waals surface area contributed by atoms with Crippen LogP contribution in [0.15, 0.2) is 57.0 Å². The molecule has 0 fully saturated rings. The molecule has 0 unspecified atom stereocenters. The van der Waals surface area contributed by atoms with Crippen molar-refractivity contribution in [3.8, 4) is 11.8 Å². The molecule has 9 heteroatoms. The number of nitrogens with zero attached hydrogens (tertiary/aromatic N) is 3. The number of carbonyl (C=O) groups is 1. The molecular formula is C22H19BrN4O3S. The summed E-state index contributed by atoms with van der Waals surface area (Å²) in [5.41, 5.74) is 2.04. The molecule has 0 radical (unpaired) electrons. The van der Waals surface area contributed by atoms with E-state index in [4.69, 9.17) is 4.74 Å². The molecule has 1 heterocycles. The van der Waals surface area contributed by atoms with Gasteiger partial charge in [-0.25, -0.2) is 9.78 Å². The first-order valence-corrected chi connectivity index (χ1v) is 11.1. The highest BCUT2D eigenvalue weighted by Crippen LogP contribution is 2.30. The third-order valence-electron chi connectivity index (χ3n) is 4.18. The number of H-pyrrole nitrogens is 1. The minimum atomic E-state index is -1.06. The largest absolute Gasteiger partial charge is 0.488 e. The van der Waals surface area contributed by atoms with Crippen LogP contribution in [0.1, 0.15) is 35.9 Å². The van der Waals surface area contributed by atoms with Gasteiger partial charge in [0.1, 0.15) is 23.1 Å². The molecule has 31 heavy (non-hydrogen) atoms. The molecule has 2 N–H and O–H groups in total. The monoisotopic (exact) mass is 498 g/mol. The summed E-state index contributed by atoms with van der Waals surface area (Å²) < 4.78 is 6.50. The van der Waals surface area contributed by atoms with Crippen LogP contribution in [0, 0.1) is 11.3 Å². The summed E-state index contributed by atoms with van der Waals surface area (Å²) >= 11 is 4.46. The van der Waals surface area contributed by atoms with Crippen LogP contribution in [0.4, 0.5) is 0 Å². The van der Waals surface area contributed by atoms with Crippen LogP contribution in [-0.2, 0) is 17.8 Å². The van der Waals surface area contributed by atoms with Gasteiger partial charge in [-0.3, -0.25) is 5.10 Å². The lowest BCUT2D eigenvalue weighted by molar-refractivity contribution is -0.131. The van der Waals surface area contributed by atoms with E-state index in [-0.39, 0.29) is 11.5 Å². The number of thioether (sulfide) groups is 1. The van der Waals surface area contributed by atoms with Crippen molar-refractivity contribution in [3.05, 3.63) is 74.4 Å². The second-order valence-electron chi connectivity index (χ2n) is 6.48. The topological polar surface area (TPSA) is 112 Å². The molecule has 0 bridgehead atoms. The Hall–Kier alpha value is -3.09. The van der Waals surface area contributed by atoms with E-state index < -0.39 is 5.97 Å². The van der Waals surface area contributed by atoms with Gasteiger partial charge < -0.3 is 9.84 Å². The summed E-state index contributed by atoms with van der Waals surface area (Å²) in [7, 11) is 0. The normalized spacial score (nSPS) is 11.2. The summed E-state index contributed by atoms with van der Waals surface area (Å²) in [4.78, 5) is 16.1. The van der Waals surface area contributed by atoms with Crippen molar-refractivity contribution in [2.45, 2.75) is 31.5 Å². The van der Waals surface area contributed by atoms with Gasteiger partial charge in [0.25, 0.3) is 0 Å². The molecule has 2 aromatic carbocycles. The molecule has 1 aromatic heterocycles. The van der Waals surface area contributed by atoms with Crippen LogP contribution in [0.25, 0.3) is 6.08 Å². The average molecular weight is 499 g/mol. The fraction of sp³-hybridized carbons (Fsp3) is 0.182. The lowest BCUT2D eigenvalue weighted by Gasteiger charge is -2.10. The number of aromatic nitrogens is 3. The predicted octanol–water partition coefficient (Wildman–Crippen LogP) is 5.19. The lowest BCUT2D eigenvalue weighted by atomic mass is 10.1. The molecule has 0 aliphatic heterocycles. The van der Waals surface area contributed by atoms with E-state index in [9.17, 15) is 15.2 Å². The van der Waals surface area contributed by atoms with Crippen molar-refractivity contribution in [1.29, 1.82) is 5.26 Å². The highest BCUT2D eigenvalue weighted by molar-refractivity contribution is 9.10. The number of hydrogen-bond donors (Lipinski definition) is 2. The Morgan fingerprint density at radius 2 is 2.16 bits per heavy atom. The number of ether oxygens (including phenoxy) is 1. The van der Waals surface area contributed by atoms with Crippen LogP contribution in [0.3, 0.4) is 0 Å². The Balaban J connectivity index is 1.74. The van der Waals surface area contributed by atoms with Gasteiger partial charge in [-0.2, -0.15) is 5.26 Å². The van der Waals surface area contributed by atoms with Gasteiger partial charge in [0.05, 0.1) is 16.1 Å². The summed E-state index contributed by atoms with van der Waals surface area (Å²) in [5, 5.41) is 26.0. The Morgan fingerprint density at radius 1 is 1.35 bits per heavy atom.